The van der Waals surface area contributed by atoms with Gasteiger partial charge in [-0.25, -0.2) is 18.7 Å². The minimum absolute atomic E-state index is 0.227. The van der Waals surface area contributed by atoms with Crippen molar-refractivity contribution in [1.82, 2.24) is 9.97 Å². The predicted molar refractivity (Wildman–Crippen MR) is 62.6 cm³/mol. The van der Waals surface area contributed by atoms with Crippen LogP contribution in [-0.4, -0.2) is 15.1 Å². The van der Waals surface area contributed by atoms with Crippen molar-refractivity contribution in [2.75, 3.05) is 0 Å². The predicted octanol–water partition coefficient (Wildman–Crippen LogP) is 2.65. The number of rotatable bonds is 2. The SMILES string of the molecule is CC(C)(O)c1nccc(-c2ccc(F)c(F)c2)n1. The first-order valence-electron chi connectivity index (χ1n) is 5.39. The van der Waals surface area contributed by atoms with E-state index in [0.29, 0.717) is 11.3 Å². The smallest absolute Gasteiger partial charge is 0.159 e. The van der Waals surface area contributed by atoms with Gasteiger partial charge in [-0.1, -0.05) is 0 Å². The van der Waals surface area contributed by atoms with Crippen molar-refractivity contribution in [3.63, 3.8) is 0 Å². The van der Waals surface area contributed by atoms with Crippen molar-refractivity contribution in [2.24, 2.45) is 0 Å². The van der Waals surface area contributed by atoms with Crippen LogP contribution < -0.4 is 0 Å². The van der Waals surface area contributed by atoms with E-state index in [1.54, 1.807) is 19.9 Å². The molecule has 0 fully saturated rings. The molecule has 0 saturated heterocycles. The van der Waals surface area contributed by atoms with Gasteiger partial charge in [0, 0.05) is 11.8 Å². The van der Waals surface area contributed by atoms with Crippen molar-refractivity contribution in [3.8, 4) is 11.3 Å². The number of aliphatic hydroxyl groups is 1. The first-order chi connectivity index (χ1) is 8.38. The van der Waals surface area contributed by atoms with E-state index in [0.717, 1.165) is 12.1 Å². The van der Waals surface area contributed by atoms with E-state index >= 15 is 0 Å². The van der Waals surface area contributed by atoms with Crippen LogP contribution in [-0.2, 0) is 5.60 Å². The number of benzene rings is 1. The monoisotopic (exact) mass is 250 g/mol. The molecule has 0 atom stereocenters. The zero-order valence-corrected chi connectivity index (χ0v) is 9.98. The van der Waals surface area contributed by atoms with Gasteiger partial charge in [0.2, 0.25) is 0 Å². The molecule has 0 spiro atoms. The fraction of sp³-hybridized carbons (Fsp3) is 0.231. The largest absolute Gasteiger partial charge is 0.382 e. The summed E-state index contributed by atoms with van der Waals surface area (Å²) in [5.41, 5.74) is -0.322. The molecule has 0 radical (unpaired) electrons. The van der Waals surface area contributed by atoms with Gasteiger partial charge in [0.05, 0.1) is 5.69 Å². The third kappa shape index (κ3) is 2.51. The Morgan fingerprint density at radius 1 is 1.11 bits per heavy atom. The summed E-state index contributed by atoms with van der Waals surface area (Å²) < 4.78 is 26.0. The quantitative estimate of drug-likeness (QED) is 0.891. The van der Waals surface area contributed by atoms with Crippen LogP contribution in [0.5, 0.6) is 0 Å². The lowest BCUT2D eigenvalue weighted by Crippen LogP contribution is -2.19. The lowest BCUT2D eigenvalue weighted by Gasteiger charge is -2.15. The van der Waals surface area contributed by atoms with Crippen LogP contribution in [0.1, 0.15) is 19.7 Å². The Morgan fingerprint density at radius 3 is 2.44 bits per heavy atom. The highest BCUT2D eigenvalue weighted by molar-refractivity contribution is 5.58. The minimum Gasteiger partial charge on any atom is -0.382 e. The molecule has 5 heteroatoms. The minimum atomic E-state index is -1.19. The van der Waals surface area contributed by atoms with Crippen molar-refractivity contribution < 1.29 is 13.9 Å². The molecule has 1 aromatic heterocycles. The number of halogens is 2. The van der Waals surface area contributed by atoms with Crippen molar-refractivity contribution in [2.45, 2.75) is 19.4 Å². The number of hydrogen-bond acceptors (Lipinski definition) is 3. The van der Waals surface area contributed by atoms with E-state index in [2.05, 4.69) is 9.97 Å². The third-order valence-electron chi connectivity index (χ3n) is 2.42. The maximum Gasteiger partial charge on any atom is 0.159 e. The molecule has 1 N–H and O–H groups in total. The van der Waals surface area contributed by atoms with E-state index in [1.807, 2.05) is 0 Å². The van der Waals surface area contributed by atoms with Crippen LogP contribution in [0, 0.1) is 11.6 Å². The standard InChI is InChI=1S/C13H12F2N2O/c1-13(2,18)12-16-6-5-11(17-12)8-3-4-9(14)10(15)7-8/h3-7,18H,1-2H3. The molecular weight excluding hydrogens is 238 g/mol. The molecule has 0 aliphatic heterocycles. The molecule has 1 aromatic carbocycles. The normalized spacial score (nSPS) is 11.6. The Hall–Kier alpha value is -1.88. The van der Waals surface area contributed by atoms with Gasteiger partial charge in [-0.3, -0.25) is 0 Å². The molecule has 0 amide bonds. The van der Waals surface area contributed by atoms with Crippen molar-refractivity contribution in [3.05, 3.63) is 47.9 Å². The van der Waals surface area contributed by atoms with E-state index in [9.17, 15) is 13.9 Å². The molecule has 94 valence electrons. The lowest BCUT2D eigenvalue weighted by atomic mass is 10.1. The first-order valence-corrected chi connectivity index (χ1v) is 5.39. The van der Waals surface area contributed by atoms with Gasteiger partial charge >= 0.3 is 0 Å². The Kier molecular flexibility index (Phi) is 3.09. The summed E-state index contributed by atoms with van der Waals surface area (Å²) in [5.74, 6) is -1.61. The summed E-state index contributed by atoms with van der Waals surface area (Å²) in [5, 5.41) is 9.80. The highest BCUT2D eigenvalue weighted by Gasteiger charge is 2.20. The van der Waals surface area contributed by atoms with Gasteiger partial charge in [0.1, 0.15) is 5.60 Å². The van der Waals surface area contributed by atoms with E-state index in [4.69, 9.17) is 0 Å². The van der Waals surface area contributed by atoms with Crippen molar-refractivity contribution >= 4 is 0 Å². The van der Waals surface area contributed by atoms with Gasteiger partial charge in [-0.05, 0) is 38.1 Å². The highest BCUT2D eigenvalue weighted by Crippen LogP contribution is 2.22. The van der Waals surface area contributed by atoms with Gasteiger partial charge in [-0.15, -0.1) is 0 Å². The zero-order chi connectivity index (χ0) is 13.3. The summed E-state index contributed by atoms with van der Waals surface area (Å²) in [4.78, 5) is 8.08. The molecule has 1 heterocycles. The van der Waals surface area contributed by atoms with Crippen LogP contribution in [0.25, 0.3) is 11.3 Å². The first kappa shape index (κ1) is 12.6. The van der Waals surface area contributed by atoms with Crippen LogP contribution >= 0.6 is 0 Å². The van der Waals surface area contributed by atoms with Gasteiger partial charge in [-0.2, -0.15) is 0 Å². The maximum atomic E-state index is 13.1. The Labute approximate surface area is 103 Å². The summed E-state index contributed by atoms with van der Waals surface area (Å²) in [6, 6.07) is 5.10. The second-order valence-electron chi connectivity index (χ2n) is 4.45. The fourth-order valence-electron chi connectivity index (χ4n) is 1.47. The number of nitrogens with zero attached hydrogens (tertiary/aromatic N) is 2. The van der Waals surface area contributed by atoms with E-state index < -0.39 is 17.2 Å². The average Bonchev–Trinajstić information content (AvgIpc) is 2.32. The average molecular weight is 250 g/mol. The molecule has 18 heavy (non-hydrogen) atoms. The molecule has 0 saturated carbocycles. The van der Waals surface area contributed by atoms with E-state index in [-0.39, 0.29) is 5.82 Å². The Morgan fingerprint density at radius 2 is 1.83 bits per heavy atom. The molecule has 3 nitrogen and oxygen atoms in total. The van der Waals surface area contributed by atoms with Crippen LogP contribution in [0.15, 0.2) is 30.5 Å². The number of hydrogen-bond donors (Lipinski definition) is 1. The highest BCUT2D eigenvalue weighted by atomic mass is 19.2. The van der Waals surface area contributed by atoms with Gasteiger partial charge in [0.15, 0.2) is 17.5 Å². The lowest BCUT2D eigenvalue weighted by molar-refractivity contribution is 0.0688. The second kappa shape index (κ2) is 4.42. The third-order valence-corrected chi connectivity index (χ3v) is 2.42. The van der Waals surface area contributed by atoms with Gasteiger partial charge in [0.25, 0.3) is 0 Å². The number of aromatic nitrogens is 2. The molecule has 0 aliphatic rings. The van der Waals surface area contributed by atoms with Crippen LogP contribution in [0.2, 0.25) is 0 Å². The molecule has 0 aliphatic carbocycles. The molecule has 2 aromatic rings. The molecular formula is C13H12F2N2O. The van der Waals surface area contributed by atoms with Crippen LogP contribution in [0.4, 0.5) is 8.78 Å². The maximum absolute atomic E-state index is 13.1. The summed E-state index contributed by atoms with van der Waals surface area (Å²) in [7, 11) is 0. The van der Waals surface area contributed by atoms with Crippen molar-refractivity contribution in [1.29, 1.82) is 0 Å². The second-order valence-corrected chi connectivity index (χ2v) is 4.45. The molecule has 0 unspecified atom stereocenters. The Bertz CT molecular complexity index is 579. The van der Waals surface area contributed by atoms with Gasteiger partial charge < -0.3 is 5.11 Å². The molecule has 2 rings (SSSR count). The zero-order valence-electron chi connectivity index (χ0n) is 9.98. The molecule has 0 bridgehead atoms. The summed E-state index contributed by atoms with van der Waals surface area (Å²) in [6.45, 7) is 3.11. The van der Waals surface area contributed by atoms with Crippen LogP contribution in [0.3, 0.4) is 0 Å². The summed E-state index contributed by atoms with van der Waals surface area (Å²) in [6.07, 6.45) is 1.47. The topological polar surface area (TPSA) is 46.0 Å². The van der Waals surface area contributed by atoms with E-state index in [1.165, 1.54) is 12.3 Å². The summed E-state index contributed by atoms with van der Waals surface area (Å²) >= 11 is 0. The fourth-order valence-corrected chi connectivity index (χ4v) is 1.47. The Balaban J connectivity index is 2.48.